The lowest BCUT2D eigenvalue weighted by Crippen LogP contribution is -2.24. The molecule has 1 aromatic carbocycles. The third kappa shape index (κ3) is 2.39. The number of hydrogen-bond acceptors (Lipinski definition) is 3. The van der Waals surface area contributed by atoms with Crippen LogP contribution in [-0.4, -0.2) is 4.98 Å². The summed E-state index contributed by atoms with van der Waals surface area (Å²) in [6.45, 7) is 2.15. The highest BCUT2D eigenvalue weighted by atomic mass is 15.0. The van der Waals surface area contributed by atoms with Crippen molar-refractivity contribution < 1.29 is 0 Å². The second-order valence-corrected chi connectivity index (χ2v) is 5.17. The standard InChI is InChI=1S/C16H19N3/c1-11(15-8-4-5-9-18-15)19-16-10-14(17)12-6-2-3-7-13(12)16/h2-9,11,14,16,19H,10,17H2,1H3. The summed E-state index contributed by atoms with van der Waals surface area (Å²) in [5.41, 5.74) is 9.87. The average molecular weight is 253 g/mol. The van der Waals surface area contributed by atoms with Gasteiger partial charge in [0.2, 0.25) is 0 Å². The Kier molecular flexibility index (Phi) is 3.32. The number of fused-ring (bicyclic) bond motifs is 1. The van der Waals surface area contributed by atoms with Gasteiger partial charge in [-0.05, 0) is 36.6 Å². The van der Waals surface area contributed by atoms with E-state index >= 15 is 0 Å². The van der Waals surface area contributed by atoms with Gasteiger partial charge in [0.05, 0.1) is 5.69 Å². The van der Waals surface area contributed by atoms with E-state index in [0.717, 1.165) is 12.1 Å². The number of pyridine rings is 1. The normalized spacial score (nSPS) is 23.1. The molecule has 0 bridgehead atoms. The second kappa shape index (κ2) is 5.11. The first-order valence-electron chi connectivity index (χ1n) is 6.77. The van der Waals surface area contributed by atoms with Crippen LogP contribution >= 0.6 is 0 Å². The summed E-state index contributed by atoms with van der Waals surface area (Å²) in [6, 6.07) is 15.2. The van der Waals surface area contributed by atoms with Crippen molar-refractivity contribution in [1.82, 2.24) is 10.3 Å². The summed E-state index contributed by atoms with van der Waals surface area (Å²) >= 11 is 0. The number of benzene rings is 1. The molecule has 0 fully saturated rings. The van der Waals surface area contributed by atoms with E-state index in [9.17, 15) is 0 Å². The van der Waals surface area contributed by atoms with Gasteiger partial charge < -0.3 is 11.1 Å². The molecule has 3 unspecified atom stereocenters. The Hall–Kier alpha value is -1.71. The Morgan fingerprint density at radius 1 is 1.16 bits per heavy atom. The fraction of sp³-hybridized carbons (Fsp3) is 0.312. The van der Waals surface area contributed by atoms with Crippen molar-refractivity contribution in [3.63, 3.8) is 0 Å². The molecule has 1 aromatic heterocycles. The Bertz CT molecular complexity index is 553. The predicted octanol–water partition coefficient (Wildman–Crippen LogP) is 2.88. The van der Waals surface area contributed by atoms with Crippen LogP contribution in [0.1, 0.15) is 48.3 Å². The van der Waals surface area contributed by atoms with Gasteiger partial charge in [-0.1, -0.05) is 30.3 Å². The monoisotopic (exact) mass is 253 g/mol. The second-order valence-electron chi connectivity index (χ2n) is 5.17. The highest BCUT2D eigenvalue weighted by molar-refractivity contribution is 5.37. The lowest BCUT2D eigenvalue weighted by molar-refractivity contribution is 0.440. The lowest BCUT2D eigenvalue weighted by Gasteiger charge is -2.20. The van der Waals surface area contributed by atoms with Crippen LogP contribution in [0.25, 0.3) is 0 Å². The number of aromatic nitrogens is 1. The number of nitrogens with one attached hydrogen (secondary N) is 1. The fourth-order valence-electron chi connectivity index (χ4n) is 2.85. The zero-order valence-corrected chi connectivity index (χ0v) is 11.1. The van der Waals surface area contributed by atoms with Crippen molar-refractivity contribution in [3.05, 3.63) is 65.5 Å². The molecule has 2 aromatic rings. The maximum absolute atomic E-state index is 6.20. The Morgan fingerprint density at radius 3 is 2.63 bits per heavy atom. The van der Waals surface area contributed by atoms with Gasteiger partial charge in [-0.25, -0.2) is 0 Å². The first kappa shape index (κ1) is 12.3. The minimum atomic E-state index is 0.143. The number of nitrogens with zero attached hydrogens (tertiary/aromatic N) is 1. The van der Waals surface area contributed by atoms with Crippen molar-refractivity contribution in [2.45, 2.75) is 31.5 Å². The van der Waals surface area contributed by atoms with E-state index in [1.165, 1.54) is 11.1 Å². The van der Waals surface area contributed by atoms with E-state index in [1.807, 2.05) is 18.3 Å². The maximum atomic E-state index is 6.20. The van der Waals surface area contributed by atoms with Crippen molar-refractivity contribution in [2.24, 2.45) is 5.73 Å². The topological polar surface area (TPSA) is 50.9 Å². The molecule has 0 aliphatic heterocycles. The van der Waals surface area contributed by atoms with Gasteiger partial charge >= 0.3 is 0 Å². The van der Waals surface area contributed by atoms with Crippen molar-refractivity contribution in [1.29, 1.82) is 0 Å². The summed E-state index contributed by atoms with van der Waals surface area (Å²) in [5.74, 6) is 0. The van der Waals surface area contributed by atoms with E-state index in [4.69, 9.17) is 5.73 Å². The first-order chi connectivity index (χ1) is 9.25. The van der Waals surface area contributed by atoms with Gasteiger partial charge in [0.25, 0.3) is 0 Å². The molecule has 0 radical (unpaired) electrons. The zero-order valence-electron chi connectivity index (χ0n) is 11.1. The van der Waals surface area contributed by atoms with Gasteiger partial charge in [0.1, 0.15) is 0 Å². The summed E-state index contributed by atoms with van der Waals surface area (Å²) in [4.78, 5) is 4.40. The van der Waals surface area contributed by atoms with Crippen molar-refractivity contribution in [2.75, 3.05) is 0 Å². The highest BCUT2D eigenvalue weighted by Gasteiger charge is 2.29. The van der Waals surface area contributed by atoms with Crippen LogP contribution < -0.4 is 11.1 Å². The maximum Gasteiger partial charge on any atom is 0.0570 e. The molecule has 0 saturated heterocycles. The lowest BCUT2D eigenvalue weighted by atomic mass is 10.1. The van der Waals surface area contributed by atoms with Crippen LogP contribution in [0.2, 0.25) is 0 Å². The molecule has 3 atom stereocenters. The van der Waals surface area contributed by atoms with Gasteiger partial charge in [-0.15, -0.1) is 0 Å². The Labute approximate surface area is 113 Å². The molecule has 3 N–H and O–H groups in total. The molecule has 1 aliphatic carbocycles. The smallest absolute Gasteiger partial charge is 0.0570 e. The molecule has 0 spiro atoms. The van der Waals surface area contributed by atoms with E-state index in [0.29, 0.717) is 6.04 Å². The Morgan fingerprint density at radius 2 is 1.89 bits per heavy atom. The van der Waals surface area contributed by atoms with Crippen LogP contribution in [0.3, 0.4) is 0 Å². The van der Waals surface area contributed by atoms with Crippen LogP contribution in [0.5, 0.6) is 0 Å². The van der Waals surface area contributed by atoms with E-state index in [2.05, 4.69) is 47.6 Å². The number of rotatable bonds is 3. The van der Waals surface area contributed by atoms with Crippen LogP contribution in [0, 0.1) is 0 Å². The predicted molar refractivity (Wildman–Crippen MR) is 76.5 cm³/mol. The first-order valence-corrected chi connectivity index (χ1v) is 6.77. The van der Waals surface area contributed by atoms with E-state index < -0.39 is 0 Å². The van der Waals surface area contributed by atoms with Gasteiger partial charge in [-0.3, -0.25) is 4.98 Å². The van der Waals surface area contributed by atoms with Crippen LogP contribution in [0.4, 0.5) is 0 Å². The molecule has 1 heterocycles. The summed E-state index contributed by atoms with van der Waals surface area (Å²) in [6.07, 6.45) is 2.79. The summed E-state index contributed by atoms with van der Waals surface area (Å²) < 4.78 is 0. The number of hydrogen-bond donors (Lipinski definition) is 2. The van der Waals surface area contributed by atoms with Crippen LogP contribution in [-0.2, 0) is 0 Å². The van der Waals surface area contributed by atoms with Gasteiger partial charge in [-0.2, -0.15) is 0 Å². The van der Waals surface area contributed by atoms with Crippen molar-refractivity contribution in [3.8, 4) is 0 Å². The number of nitrogens with two attached hydrogens (primary N) is 1. The Balaban J connectivity index is 1.79. The minimum Gasteiger partial charge on any atom is -0.324 e. The SMILES string of the molecule is CC(NC1CC(N)c2ccccc21)c1ccccn1. The molecular formula is C16H19N3. The molecule has 0 amide bonds. The summed E-state index contributed by atoms with van der Waals surface area (Å²) in [7, 11) is 0. The van der Waals surface area contributed by atoms with Gasteiger partial charge in [0.15, 0.2) is 0 Å². The average Bonchev–Trinajstić information content (AvgIpc) is 2.77. The van der Waals surface area contributed by atoms with Crippen molar-refractivity contribution >= 4 is 0 Å². The third-order valence-corrected chi connectivity index (χ3v) is 3.84. The molecular weight excluding hydrogens is 234 g/mol. The zero-order chi connectivity index (χ0) is 13.2. The van der Waals surface area contributed by atoms with Gasteiger partial charge in [0, 0.05) is 24.3 Å². The fourth-order valence-corrected chi connectivity index (χ4v) is 2.85. The van der Waals surface area contributed by atoms with Crippen LogP contribution in [0.15, 0.2) is 48.7 Å². The molecule has 1 aliphatic rings. The largest absolute Gasteiger partial charge is 0.324 e. The quantitative estimate of drug-likeness (QED) is 0.884. The van der Waals surface area contributed by atoms with E-state index in [-0.39, 0.29) is 12.1 Å². The molecule has 3 nitrogen and oxygen atoms in total. The summed E-state index contributed by atoms with van der Waals surface area (Å²) in [5, 5.41) is 3.64. The minimum absolute atomic E-state index is 0.143. The molecule has 0 saturated carbocycles. The highest BCUT2D eigenvalue weighted by Crippen LogP contribution is 2.38. The molecule has 3 rings (SSSR count). The molecule has 3 heteroatoms. The molecule has 98 valence electrons. The molecule has 19 heavy (non-hydrogen) atoms. The van der Waals surface area contributed by atoms with E-state index in [1.54, 1.807) is 0 Å². The third-order valence-electron chi connectivity index (χ3n) is 3.84.